The minimum absolute atomic E-state index is 0.240. The SMILES string of the molecule is CNCc1ccc(S(=O)(=O)N(C)Cc2nccn2C)cc1. The Morgan fingerprint density at radius 3 is 2.48 bits per heavy atom. The third kappa shape index (κ3) is 3.49. The molecule has 0 spiro atoms. The van der Waals surface area contributed by atoms with Crippen molar-refractivity contribution in [1.29, 1.82) is 0 Å². The fourth-order valence-corrected chi connectivity index (χ4v) is 3.12. The van der Waals surface area contributed by atoms with Gasteiger partial charge in [0.25, 0.3) is 0 Å². The monoisotopic (exact) mass is 308 g/mol. The van der Waals surface area contributed by atoms with Crippen LogP contribution in [0.1, 0.15) is 11.4 Å². The second kappa shape index (κ2) is 6.38. The minimum Gasteiger partial charge on any atom is -0.337 e. The summed E-state index contributed by atoms with van der Waals surface area (Å²) >= 11 is 0. The summed E-state index contributed by atoms with van der Waals surface area (Å²) in [5.74, 6) is 0.702. The number of aromatic nitrogens is 2. The van der Waals surface area contributed by atoms with E-state index in [-0.39, 0.29) is 6.54 Å². The number of nitrogens with one attached hydrogen (secondary N) is 1. The first kappa shape index (κ1) is 15.7. The number of sulfonamides is 1. The molecule has 0 atom stereocenters. The van der Waals surface area contributed by atoms with E-state index in [1.54, 1.807) is 31.6 Å². The lowest BCUT2D eigenvalue weighted by atomic mass is 10.2. The quantitative estimate of drug-likeness (QED) is 0.863. The molecule has 0 radical (unpaired) electrons. The molecule has 1 aromatic carbocycles. The van der Waals surface area contributed by atoms with Gasteiger partial charge in [0.1, 0.15) is 5.82 Å². The molecule has 0 saturated carbocycles. The molecule has 2 aromatic rings. The Balaban J connectivity index is 2.18. The van der Waals surface area contributed by atoms with Gasteiger partial charge in [-0.2, -0.15) is 4.31 Å². The van der Waals surface area contributed by atoms with Crippen LogP contribution in [0, 0.1) is 0 Å². The molecule has 114 valence electrons. The Morgan fingerprint density at radius 1 is 1.29 bits per heavy atom. The summed E-state index contributed by atoms with van der Waals surface area (Å²) in [7, 11) is 1.75. The zero-order chi connectivity index (χ0) is 15.5. The summed E-state index contributed by atoms with van der Waals surface area (Å²) in [4.78, 5) is 4.44. The Bertz CT molecular complexity index is 692. The first-order chi connectivity index (χ1) is 9.95. The molecule has 2 rings (SSSR count). The Hall–Kier alpha value is -1.70. The molecule has 0 fully saturated rings. The first-order valence-corrected chi connectivity index (χ1v) is 8.05. The fourth-order valence-electron chi connectivity index (χ4n) is 2.00. The van der Waals surface area contributed by atoms with Gasteiger partial charge in [0.05, 0.1) is 11.4 Å². The van der Waals surface area contributed by atoms with E-state index in [0.717, 1.165) is 5.56 Å². The van der Waals surface area contributed by atoms with Crippen LogP contribution in [0.15, 0.2) is 41.6 Å². The maximum atomic E-state index is 12.5. The smallest absolute Gasteiger partial charge is 0.243 e. The predicted molar refractivity (Wildman–Crippen MR) is 81.1 cm³/mol. The van der Waals surface area contributed by atoms with Crippen molar-refractivity contribution in [3.8, 4) is 0 Å². The van der Waals surface area contributed by atoms with Crippen LogP contribution in [0.2, 0.25) is 0 Å². The highest BCUT2D eigenvalue weighted by Crippen LogP contribution is 2.17. The van der Waals surface area contributed by atoms with Crippen molar-refractivity contribution in [2.24, 2.45) is 7.05 Å². The molecule has 6 nitrogen and oxygen atoms in total. The van der Waals surface area contributed by atoms with Crippen molar-refractivity contribution >= 4 is 10.0 Å². The predicted octanol–water partition coefficient (Wildman–Crippen LogP) is 0.960. The van der Waals surface area contributed by atoms with Crippen molar-refractivity contribution < 1.29 is 8.42 Å². The first-order valence-electron chi connectivity index (χ1n) is 6.61. The van der Waals surface area contributed by atoms with Crippen LogP contribution in [0.4, 0.5) is 0 Å². The highest BCUT2D eigenvalue weighted by molar-refractivity contribution is 7.89. The van der Waals surface area contributed by atoms with Crippen molar-refractivity contribution in [2.75, 3.05) is 14.1 Å². The van der Waals surface area contributed by atoms with E-state index < -0.39 is 10.0 Å². The van der Waals surface area contributed by atoms with E-state index in [9.17, 15) is 8.42 Å². The van der Waals surface area contributed by atoms with Crippen LogP contribution in [0.25, 0.3) is 0 Å². The normalized spacial score (nSPS) is 12.0. The molecule has 0 unspecified atom stereocenters. The van der Waals surface area contributed by atoms with E-state index >= 15 is 0 Å². The van der Waals surface area contributed by atoms with E-state index in [0.29, 0.717) is 17.3 Å². The third-order valence-corrected chi connectivity index (χ3v) is 5.12. The molecular formula is C14H20N4O2S. The summed E-state index contributed by atoms with van der Waals surface area (Å²) in [6.45, 7) is 0.952. The summed E-state index contributed by atoms with van der Waals surface area (Å²) in [6, 6.07) is 6.91. The molecule has 1 N–H and O–H groups in total. The van der Waals surface area contributed by atoms with Crippen LogP contribution in [0.3, 0.4) is 0 Å². The number of aryl methyl sites for hydroxylation is 1. The lowest BCUT2D eigenvalue weighted by Gasteiger charge is -2.17. The third-order valence-electron chi connectivity index (χ3n) is 3.30. The van der Waals surface area contributed by atoms with Crippen molar-refractivity contribution in [2.45, 2.75) is 18.0 Å². The molecular weight excluding hydrogens is 288 g/mol. The molecule has 0 aliphatic carbocycles. The van der Waals surface area contributed by atoms with Crippen LogP contribution in [-0.2, 0) is 30.2 Å². The van der Waals surface area contributed by atoms with Gasteiger partial charge in [-0.25, -0.2) is 13.4 Å². The summed E-state index contributed by atoms with van der Waals surface area (Å²) < 4.78 is 28.1. The second-order valence-electron chi connectivity index (χ2n) is 4.89. The average molecular weight is 308 g/mol. The molecule has 0 amide bonds. The number of benzene rings is 1. The topological polar surface area (TPSA) is 67.2 Å². The van der Waals surface area contributed by atoms with Gasteiger partial charge < -0.3 is 9.88 Å². The number of nitrogens with zero attached hydrogens (tertiary/aromatic N) is 3. The number of imidazole rings is 1. The van der Waals surface area contributed by atoms with Gasteiger partial charge in [0.2, 0.25) is 10.0 Å². The van der Waals surface area contributed by atoms with Gasteiger partial charge in [-0.05, 0) is 24.7 Å². The van der Waals surface area contributed by atoms with E-state index in [4.69, 9.17) is 0 Å². The highest BCUT2D eigenvalue weighted by atomic mass is 32.2. The average Bonchev–Trinajstić information content (AvgIpc) is 2.85. The molecule has 21 heavy (non-hydrogen) atoms. The van der Waals surface area contributed by atoms with Crippen molar-refractivity contribution in [3.63, 3.8) is 0 Å². The second-order valence-corrected chi connectivity index (χ2v) is 6.93. The molecule has 0 aliphatic rings. The highest BCUT2D eigenvalue weighted by Gasteiger charge is 2.21. The van der Waals surface area contributed by atoms with Gasteiger partial charge in [-0.15, -0.1) is 0 Å². The largest absolute Gasteiger partial charge is 0.337 e. The van der Waals surface area contributed by atoms with Gasteiger partial charge in [-0.1, -0.05) is 12.1 Å². The van der Waals surface area contributed by atoms with Crippen LogP contribution >= 0.6 is 0 Å². The molecule has 0 saturated heterocycles. The summed E-state index contributed by atoms with van der Waals surface area (Å²) in [6.07, 6.45) is 3.45. The van der Waals surface area contributed by atoms with Crippen LogP contribution in [0.5, 0.6) is 0 Å². The lowest BCUT2D eigenvalue weighted by molar-refractivity contribution is 0.451. The molecule has 0 bridgehead atoms. The van der Waals surface area contributed by atoms with Gasteiger partial charge in [0.15, 0.2) is 0 Å². The molecule has 0 aliphatic heterocycles. The summed E-state index contributed by atoms with van der Waals surface area (Å²) in [5, 5.41) is 3.03. The standard InChI is InChI=1S/C14H20N4O2S/c1-15-10-12-4-6-13(7-5-12)21(19,20)18(3)11-14-16-8-9-17(14)2/h4-9,15H,10-11H2,1-3H3. The minimum atomic E-state index is -3.50. The molecule has 1 aromatic heterocycles. The van der Waals surface area contributed by atoms with E-state index in [2.05, 4.69) is 10.3 Å². The van der Waals surface area contributed by atoms with Gasteiger partial charge in [-0.3, -0.25) is 0 Å². The van der Waals surface area contributed by atoms with Crippen molar-refractivity contribution in [3.05, 3.63) is 48.0 Å². The van der Waals surface area contributed by atoms with Crippen molar-refractivity contribution in [1.82, 2.24) is 19.2 Å². The Kier molecular flexibility index (Phi) is 4.76. The molecule has 7 heteroatoms. The number of rotatable bonds is 6. The Labute approximate surface area is 125 Å². The number of hydrogen-bond acceptors (Lipinski definition) is 4. The van der Waals surface area contributed by atoms with E-state index in [1.165, 1.54) is 4.31 Å². The zero-order valence-electron chi connectivity index (χ0n) is 12.4. The maximum Gasteiger partial charge on any atom is 0.243 e. The fraction of sp³-hybridized carbons (Fsp3) is 0.357. The zero-order valence-corrected chi connectivity index (χ0v) is 13.3. The maximum absolute atomic E-state index is 12.5. The molecule has 1 heterocycles. The van der Waals surface area contributed by atoms with E-state index in [1.807, 2.05) is 30.8 Å². The van der Waals surface area contributed by atoms with Crippen LogP contribution < -0.4 is 5.32 Å². The Morgan fingerprint density at radius 2 is 1.95 bits per heavy atom. The van der Waals surface area contributed by atoms with Gasteiger partial charge >= 0.3 is 0 Å². The number of hydrogen-bond donors (Lipinski definition) is 1. The lowest BCUT2D eigenvalue weighted by Crippen LogP contribution is -2.27. The van der Waals surface area contributed by atoms with Gasteiger partial charge in [0, 0.05) is 33.0 Å². The summed E-state index contributed by atoms with van der Waals surface area (Å²) in [5.41, 5.74) is 1.04. The van der Waals surface area contributed by atoms with Crippen LogP contribution in [-0.4, -0.2) is 36.4 Å².